The fourth-order valence-electron chi connectivity index (χ4n) is 5.37. The number of imide groups is 1. The molecular weight excluding hydrogens is 472 g/mol. The summed E-state index contributed by atoms with van der Waals surface area (Å²) in [6.07, 6.45) is 0. The highest BCUT2D eigenvalue weighted by atomic mass is 35.5. The maximum Gasteiger partial charge on any atom is 0.261 e. The number of rotatable bonds is 5. The fraction of sp³-hybridized carbons (Fsp3) is 0.276. The van der Waals surface area contributed by atoms with Gasteiger partial charge in [-0.1, -0.05) is 35.9 Å². The minimum absolute atomic E-state index is 0.0528. The third kappa shape index (κ3) is 4.37. The molecule has 2 aliphatic heterocycles. The Bertz CT molecular complexity index is 1330. The summed E-state index contributed by atoms with van der Waals surface area (Å²) in [5, 5.41) is 9.97. The van der Waals surface area contributed by atoms with Gasteiger partial charge in [-0.25, -0.2) is 0 Å². The lowest BCUT2D eigenvalue weighted by atomic mass is 9.99. The summed E-state index contributed by atoms with van der Waals surface area (Å²) in [5.74, 6) is -0.437. The number of nitrogens with zero attached hydrogens (tertiary/aromatic N) is 4. The Morgan fingerprint density at radius 3 is 2.28 bits per heavy atom. The Labute approximate surface area is 216 Å². The molecule has 2 amide bonds. The summed E-state index contributed by atoms with van der Waals surface area (Å²) < 4.78 is 0. The number of benzene rings is 3. The lowest BCUT2D eigenvalue weighted by Gasteiger charge is -2.44. The molecule has 2 aliphatic rings. The van der Waals surface area contributed by atoms with Gasteiger partial charge in [0.1, 0.15) is 0 Å². The molecule has 0 saturated carbocycles. The highest BCUT2D eigenvalue weighted by molar-refractivity contribution is 6.30. The van der Waals surface area contributed by atoms with Crippen molar-refractivity contribution in [1.29, 1.82) is 5.26 Å². The van der Waals surface area contributed by atoms with Crippen LogP contribution in [0.25, 0.3) is 0 Å². The van der Waals surface area contributed by atoms with Crippen LogP contribution in [0.15, 0.2) is 66.7 Å². The van der Waals surface area contributed by atoms with Gasteiger partial charge in [-0.3, -0.25) is 19.4 Å². The number of hydrogen-bond acceptors (Lipinski definition) is 5. The standard InChI is InChI=1S/C29H27ClN4O2/c1-19-15-21(16-31)7-12-26(19)33-14-13-32(18-27(33)22-8-10-23(30)11-9-22)17-20(2)34-28(35)24-5-3-4-6-25(24)29(34)36/h3-12,15,20,27H,13-14,17-18H2,1-2H3/t20-,27-/m0/s1. The van der Waals surface area contributed by atoms with E-state index < -0.39 is 0 Å². The first-order chi connectivity index (χ1) is 17.4. The van der Waals surface area contributed by atoms with E-state index in [1.807, 2.05) is 44.2 Å². The fourth-order valence-corrected chi connectivity index (χ4v) is 5.50. The van der Waals surface area contributed by atoms with Gasteiger partial charge in [0.2, 0.25) is 0 Å². The van der Waals surface area contributed by atoms with E-state index in [-0.39, 0.29) is 23.9 Å². The van der Waals surface area contributed by atoms with Crippen LogP contribution in [-0.2, 0) is 0 Å². The molecule has 0 aliphatic carbocycles. The van der Waals surface area contributed by atoms with Crippen LogP contribution in [0.4, 0.5) is 5.69 Å². The van der Waals surface area contributed by atoms with Gasteiger partial charge in [0, 0.05) is 36.9 Å². The van der Waals surface area contributed by atoms with Crippen molar-refractivity contribution in [1.82, 2.24) is 9.80 Å². The van der Waals surface area contributed by atoms with Crippen molar-refractivity contribution in [3.63, 3.8) is 0 Å². The number of fused-ring (bicyclic) bond motifs is 1. The van der Waals surface area contributed by atoms with E-state index in [1.54, 1.807) is 24.3 Å². The summed E-state index contributed by atoms with van der Waals surface area (Å²) in [4.78, 5) is 32.1. The zero-order valence-electron chi connectivity index (χ0n) is 20.3. The highest BCUT2D eigenvalue weighted by Crippen LogP contribution is 2.34. The molecule has 182 valence electrons. The molecule has 0 N–H and O–H groups in total. The maximum absolute atomic E-state index is 13.0. The van der Waals surface area contributed by atoms with E-state index in [0.717, 1.165) is 36.4 Å². The molecule has 5 rings (SSSR count). The van der Waals surface area contributed by atoms with E-state index in [4.69, 9.17) is 11.6 Å². The van der Waals surface area contributed by atoms with Crippen molar-refractivity contribution in [2.24, 2.45) is 0 Å². The number of aryl methyl sites for hydroxylation is 1. The minimum atomic E-state index is -0.258. The first-order valence-corrected chi connectivity index (χ1v) is 12.5. The number of piperazine rings is 1. The molecule has 0 spiro atoms. The monoisotopic (exact) mass is 498 g/mol. The second-order valence-electron chi connectivity index (χ2n) is 9.51. The van der Waals surface area contributed by atoms with Gasteiger partial charge in [-0.2, -0.15) is 5.26 Å². The summed E-state index contributed by atoms with van der Waals surface area (Å²) in [5.41, 5.74) is 4.90. The zero-order chi connectivity index (χ0) is 25.4. The quantitative estimate of drug-likeness (QED) is 0.459. The van der Waals surface area contributed by atoms with Gasteiger partial charge in [0.25, 0.3) is 11.8 Å². The number of nitriles is 1. The first-order valence-electron chi connectivity index (χ1n) is 12.1. The van der Waals surface area contributed by atoms with Gasteiger partial charge in [-0.15, -0.1) is 0 Å². The molecule has 3 aromatic carbocycles. The molecule has 36 heavy (non-hydrogen) atoms. The van der Waals surface area contributed by atoms with E-state index >= 15 is 0 Å². The van der Waals surface area contributed by atoms with Gasteiger partial charge in [-0.05, 0) is 67.4 Å². The van der Waals surface area contributed by atoms with Crippen molar-refractivity contribution >= 4 is 29.1 Å². The number of hydrogen-bond donors (Lipinski definition) is 0. The lowest BCUT2D eigenvalue weighted by molar-refractivity contribution is 0.0551. The molecule has 6 nitrogen and oxygen atoms in total. The van der Waals surface area contributed by atoms with E-state index in [9.17, 15) is 14.9 Å². The van der Waals surface area contributed by atoms with Crippen molar-refractivity contribution in [3.8, 4) is 6.07 Å². The molecule has 0 unspecified atom stereocenters. The van der Waals surface area contributed by atoms with Gasteiger partial charge in [0.05, 0.1) is 34.8 Å². The second-order valence-corrected chi connectivity index (χ2v) is 9.94. The number of amides is 2. The van der Waals surface area contributed by atoms with Crippen LogP contribution in [0.1, 0.15) is 50.4 Å². The van der Waals surface area contributed by atoms with Gasteiger partial charge < -0.3 is 4.90 Å². The molecule has 2 heterocycles. The minimum Gasteiger partial charge on any atom is -0.362 e. The van der Waals surface area contributed by atoms with Crippen molar-refractivity contribution in [2.75, 3.05) is 31.1 Å². The van der Waals surface area contributed by atoms with Crippen molar-refractivity contribution in [3.05, 3.63) is 99.6 Å². The Kier molecular flexibility index (Phi) is 6.53. The smallest absolute Gasteiger partial charge is 0.261 e. The largest absolute Gasteiger partial charge is 0.362 e. The topological polar surface area (TPSA) is 67.7 Å². The zero-order valence-corrected chi connectivity index (χ0v) is 21.1. The first kappa shape index (κ1) is 24.1. The molecule has 3 aromatic rings. The normalized spacial score (nSPS) is 18.8. The van der Waals surface area contributed by atoms with Crippen molar-refractivity contribution in [2.45, 2.75) is 25.9 Å². The molecule has 0 bridgehead atoms. The van der Waals surface area contributed by atoms with E-state index in [2.05, 4.69) is 28.0 Å². The average Bonchev–Trinajstić information content (AvgIpc) is 3.14. The Morgan fingerprint density at radius 1 is 1.00 bits per heavy atom. The SMILES string of the molecule is Cc1cc(C#N)ccc1N1CCN(C[C@H](C)N2C(=O)c3ccccc3C2=O)C[C@H]1c1ccc(Cl)cc1. The highest BCUT2D eigenvalue weighted by Gasteiger charge is 2.39. The number of anilines is 1. The molecule has 1 fully saturated rings. The Morgan fingerprint density at radius 2 is 1.67 bits per heavy atom. The van der Waals surface area contributed by atoms with Crippen molar-refractivity contribution < 1.29 is 9.59 Å². The molecule has 1 saturated heterocycles. The van der Waals surface area contributed by atoms with Crippen LogP contribution in [0.3, 0.4) is 0 Å². The van der Waals surface area contributed by atoms with Gasteiger partial charge in [0.15, 0.2) is 0 Å². The van der Waals surface area contributed by atoms with Crippen LogP contribution >= 0.6 is 11.6 Å². The van der Waals surface area contributed by atoms with Crippen LogP contribution in [-0.4, -0.2) is 53.8 Å². The predicted molar refractivity (Wildman–Crippen MR) is 140 cm³/mol. The molecule has 0 aromatic heterocycles. The van der Waals surface area contributed by atoms with E-state index in [0.29, 0.717) is 28.3 Å². The summed E-state index contributed by atoms with van der Waals surface area (Å²) >= 11 is 6.17. The molecule has 7 heteroatoms. The number of carbonyl (C=O) groups is 2. The van der Waals surface area contributed by atoms with Crippen LogP contribution in [0, 0.1) is 18.3 Å². The second kappa shape index (κ2) is 9.77. The van der Waals surface area contributed by atoms with Gasteiger partial charge >= 0.3 is 0 Å². The maximum atomic E-state index is 13.0. The predicted octanol–water partition coefficient (Wildman–Crippen LogP) is 5.07. The summed E-state index contributed by atoms with van der Waals surface area (Å²) in [6.45, 7) is 6.86. The van der Waals surface area contributed by atoms with Crippen LogP contribution in [0.2, 0.25) is 5.02 Å². The Hall–Kier alpha value is -3.66. The molecular formula is C29H27ClN4O2. The average molecular weight is 499 g/mol. The third-order valence-electron chi connectivity index (χ3n) is 7.14. The number of carbonyl (C=O) groups excluding carboxylic acids is 2. The molecule has 0 radical (unpaired) electrons. The van der Waals surface area contributed by atoms with E-state index in [1.165, 1.54) is 4.90 Å². The third-order valence-corrected chi connectivity index (χ3v) is 7.40. The van der Waals surface area contributed by atoms with Crippen LogP contribution in [0.5, 0.6) is 0 Å². The number of halogens is 1. The van der Waals surface area contributed by atoms with Crippen LogP contribution < -0.4 is 4.90 Å². The lowest BCUT2D eigenvalue weighted by Crippen LogP contribution is -2.53. The summed E-state index contributed by atoms with van der Waals surface area (Å²) in [6, 6.07) is 22.7. The Balaban J connectivity index is 1.38. The summed E-state index contributed by atoms with van der Waals surface area (Å²) in [7, 11) is 0. The molecule has 2 atom stereocenters.